The van der Waals surface area contributed by atoms with Gasteiger partial charge in [0.1, 0.15) is 23.1 Å². The molecule has 134 valence electrons. The fourth-order valence-electron chi connectivity index (χ4n) is 2.15. The molecular weight excluding hydrogens is 354 g/mol. The van der Waals surface area contributed by atoms with Crippen LogP contribution >= 0.6 is 11.6 Å². The Hall–Kier alpha value is -3.17. The summed E-state index contributed by atoms with van der Waals surface area (Å²) in [5, 5.41) is 15.4. The molecule has 0 saturated heterocycles. The Labute approximate surface area is 157 Å². The maximum atomic E-state index is 12.3. The number of methoxy groups -OCH3 is 2. The van der Waals surface area contributed by atoms with Gasteiger partial charge in [0.05, 0.1) is 19.9 Å². The minimum atomic E-state index is -0.544. The topological polar surface area (TPSA) is 83.4 Å². The number of benzene rings is 2. The van der Waals surface area contributed by atoms with Crippen molar-refractivity contribution in [2.75, 3.05) is 24.9 Å². The van der Waals surface area contributed by atoms with Crippen molar-refractivity contribution in [2.45, 2.75) is 6.92 Å². The molecule has 2 aromatic rings. The van der Waals surface area contributed by atoms with Gasteiger partial charge in [-0.05, 0) is 36.8 Å². The highest BCUT2D eigenvalue weighted by molar-refractivity contribution is 6.31. The summed E-state index contributed by atoms with van der Waals surface area (Å²) in [5.41, 5.74) is 1.77. The normalized spacial score (nSPS) is 10.7. The summed E-state index contributed by atoms with van der Waals surface area (Å²) >= 11 is 6.04. The molecule has 6 nitrogen and oxygen atoms in total. The van der Waals surface area contributed by atoms with Gasteiger partial charge < -0.3 is 20.1 Å². The number of hydrogen-bond acceptors (Lipinski definition) is 5. The lowest BCUT2D eigenvalue weighted by Gasteiger charge is -2.11. The number of carbonyl (C=O) groups excluding carboxylic acids is 1. The van der Waals surface area contributed by atoms with Gasteiger partial charge in [-0.2, -0.15) is 5.26 Å². The van der Waals surface area contributed by atoms with Crippen LogP contribution in [0.4, 0.5) is 11.4 Å². The van der Waals surface area contributed by atoms with E-state index in [1.165, 1.54) is 13.3 Å². The van der Waals surface area contributed by atoms with Crippen molar-refractivity contribution >= 4 is 28.9 Å². The minimum absolute atomic E-state index is 0.0951. The van der Waals surface area contributed by atoms with Crippen LogP contribution in [-0.2, 0) is 4.79 Å². The Bertz CT molecular complexity index is 888. The van der Waals surface area contributed by atoms with E-state index in [0.717, 1.165) is 5.56 Å². The number of nitriles is 1. The van der Waals surface area contributed by atoms with Gasteiger partial charge in [0.15, 0.2) is 0 Å². The SMILES string of the molecule is COc1ccc(N/C=C(/C#N)C(=O)Nc2cccc(Cl)c2C)c(OC)c1. The van der Waals surface area contributed by atoms with Gasteiger partial charge in [0.2, 0.25) is 0 Å². The first-order valence-electron chi connectivity index (χ1n) is 7.65. The molecule has 0 spiro atoms. The number of halogens is 1. The second-order valence-corrected chi connectivity index (χ2v) is 5.65. The molecule has 0 aliphatic rings. The van der Waals surface area contributed by atoms with Crippen LogP contribution in [0, 0.1) is 18.3 Å². The lowest BCUT2D eigenvalue weighted by molar-refractivity contribution is -0.112. The molecule has 0 unspecified atom stereocenters. The summed E-state index contributed by atoms with van der Waals surface area (Å²) in [5.74, 6) is 0.605. The molecule has 0 fully saturated rings. The predicted molar refractivity (Wildman–Crippen MR) is 102 cm³/mol. The molecule has 2 rings (SSSR count). The van der Waals surface area contributed by atoms with Crippen molar-refractivity contribution < 1.29 is 14.3 Å². The van der Waals surface area contributed by atoms with E-state index >= 15 is 0 Å². The Kier molecular flexibility index (Phi) is 6.48. The van der Waals surface area contributed by atoms with Crippen molar-refractivity contribution in [3.63, 3.8) is 0 Å². The Morgan fingerprint density at radius 1 is 1.19 bits per heavy atom. The monoisotopic (exact) mass is 371 g/mol. The van der Waals surface area contributed by atoms with Gasteiger partial charge >= 0.3 is 0 Å². The molecule has 2 aromatic carbocycles. The Balaban J connectivity index is 2.19. The van der Waals surface area contributed by atoms with Crippen LogP contribution in [-0.4, -0.2) is 20.1 Å². The third-order valence-corrected chi connectivity index (χ3v) is 4.07. The third-order valence-electron chi connectivity index (χ3n) is 3.66. The molecule has 2 N–H and O–H groups in total. The number of rotatable bonds is 6. The number of anilines is 2. The van der Waals surface area contributed by atoms with Gasteiger partial charge in [0.25, 0.3) is 5.91 Å². The zero-order valence-electron chi connectivity index (χ0n) is 14.6. The summed E-state index contributed by atoms with van der Waals surface area (Å²) in [7, 11) is 3.07. The van der Waals surface area contributed by atoms with Crippen LogP contribution in [0.2, 0.25) is 5.02 Å². The van der Waals surface area contributed by atoms with Crippen LogP contribution in [0.3, 0.4) is 0 Å². The van der Waals surface area contributed by atoms with Gasteiger partial charge in [-0.25, -0.2) is 0 Å². The number of carbonyl (C=O) groups is 1. The van der Waals surface area contributed by atoms with Crippen molar-refractivity contribution in [3.05, 3.63) is 58.8 Å². The van der Waals surface area contributed by atoms with E-state index in [-0.39, 0.29) is 5.57 Å². The van der Waals surface area contributed by atoms with Crippen LogP contribution in [0.5, 0.6) is 11.5 Å². The molecule has 1 amide bonds. The van der Waals surface area contributed by atoms with Crippen LogP contribution in [0.1, 0.15) is 5.56 Å². The zero-order valence-corrected chi connectivity index (χ0v) is 15.3. The molecule has 0 radical (unpaired) electrons. The standard InChI is InChI=1S/C19H18ClN3O3/c1-12-15(20)5-4-6-16(12)23-19(24)13(10-21)11-22-17-8-7-14(25-2)9-18(17)26-3/h4-9,11,22H,1-3H3,(H,23,24)/b13-11-. The van der Waals surface area contributed by atoms with Crippen LogP contribution in [0.25, 0.3) is 0 Å². The minimum Gasteiger partial charge on any atom is -0.497 e. The van der Waals surface area contributed by atoms with E-state index in [0.29, 0.717) is 27.9 Å². The average Bonchev–Trinajstić information content (AvgIpc) is 2.66. The van der Waals surface area contributed by atoms with Crippen molar-refractivity contribution in [2.24, 2.45) is 0 Å². The predicted octanol–water partition coefficient (Wildman–Crippen LogP) is 4.12. The molecule has 0 heterocycles. The summed E-state index contributed by atoms with van der Waals surface area (Å²) in [4.78, 5) is 12.3. The van der Waals surface area contributed by atoms with Gasteiger partial charge in [-0.1, -0.05) is 17.7 Å². The highest BCUT2D eigenvalue weighted by Gasteiger charge is 2.12. The molecule has 0 aliphatic heterocycles. The molecule has 0 atom stereocenters. The van der Waals surface area contributed by atoms with Gasteiger partial charge in [0, 0.05) is 23.0 Å². The van der Waals surface area contributed by atoms with E-state index in [1.54, 1.807) is 50.4 Å². The maximum Gasteiger partial charge on any atom is 0.267 e. The van der Waals surface area contributed by atoms with Crippen LogP contribution in [0.15, 0.2) is 48.2 Å². The maximum absolute atomic E-state index is 12.3. The first-order chi connectivity index (χ1) is 12.5. The van der Waals surface area contributed by atoms with Gasteiger partial charge in [-0.3, -0.25) is 4.79 Å². The van der Waals surface area contributed by atoms with Crippen molar-refractivity contribution in [3.8, 4) is 17.6 Å². The first-order valence-corrected chi connectivity index (χ1v) is 8.03. The Morgan fingerprint density at radius 2 is 1.96 bits per heavy atom. The molecule has 0 aromatic heterocycles. The van der Waals surface area contributed by atoms with Gasteiger partial charge in [-0.15, -0.1) is 0 Å². The third kappa shape index (κ3) is 4.47. The Morgan fingerprint density at radius 3 is 2.62 bits per heavy atom. The highest BCUT2D eigenvalue weighted by Crippen LogP contribution is 2.29. The summed E-state index contributed by atoms with van der Waals surface area (Å²) in [6.45, 7) is 1.79. The smallest absolute Gasteiger partial charge is 0.267 e. The number of hydrogen-bond donors (Lipinski definition) is 2. The molecule has 0 bridgehead atoms. The molecule has 26 heavy (non-hydrogen) atoms. The molecule has 0 aliphatic carbocycles. The second kappa shape index (κ2) is 8.79. The highest BCUT2D eigenvalue weighted by atomic mass is 35.5. The molecule has 0 saturated carbocycles. The summed E-state index contributed by atoms with van der Waals surface area (Å²) in [6.07, 6.45) is 1.32. The van der Waals surface area contributed by atoms with E-state index in [2.05, 4.69) is 10.6 Å². The molecule has 7 heteroatoms. The second-order valence-electron chi connectivity index (χ2n) is 5.25. The average molecular weight is 372 g/mol. The van der Waals surface area contributed by atoms with Crippen molar-refractivity contribution in [1.29, 1.82) is 5.26 Å². The number of nitrogens with zero attached hydrogens (tertiary/aromatic N) is 1. The van der Waals surface area contributed by atoms with E-state index < -0.39 is 5.91 Å². The number of nitrogens with one attached hydrogen (secondary N) is 2. The van der Waals surface area contributed by atoms with Crippen LogP contribution < -0.4 is 20.1 Å². The zero-order chi connectivity index (χ0) is 19.1. The number of amides is 1. The molecular formula is C19H18ClN3O3. The van der Waals surface area contributed by atoms with E-state index in [4.69, 9.17) is 21.1 Å². The fourth-order valence-corrected chi connectivity index (χ4v) is 2.32. The summed E-state index contributed by atoms with van der Waals surface area (Å²) < 4.78 is 10.4. The largest absolute Gasteiger partial charge is 0.497 e. The van der Waals surface area contributed by atoms with E-state index in [1.807, 2.05) is 6.07 Å². The lowest BCUT2D eigenvalue weighted by Crippen LogP contribution is -2.15. The van der Waals surface area contributed by atoms with E-state index in [9.17, 15) is 10.1 Å². The van der Waals surface area contributed by atoms with Crippen molar-refractivity contribution in [1.82, 2.24) is 0 Å². The fraction of sp³-hybridized carbons (Fsp3) is 0.158. The summed E-state index contributed by atoms with van der Waals surface area (Å²) in [6, 6.07) is 12.2. The first kappa shape index (κ1) is 19.2. The quantitative estimate of drug-likeness (QED) is 0.589. The number of ether oxygens (including phenoxy) is 2. The lowest BCUT2D eigenvalue weighted by atomic mass is 10.2.